The molecule has 0 N–H and O–H groups in total. The summed E-state index contributed by atoms with van der Waals surface area (Å²) in [5.74, 6) is 1.69. The molecule has 0 amide bonds. The van der Waals surface area contributed by atoms with Crippen molar-refractivity contribution in [2.45, 2.75) is 26.7 Å². The molecule has 0 spiro atoms. The molecule has 4 heteroatoms. The van der Waals surface area contributed by atoms with Crippen LogP contribution < -0.4 is 9.47 Å². The van der Waals surface area contributed by atoms with Crippen LogP contribution in [-0.2, 0) is 0 Å². The molecule has 0 bridgehead atoms. The van der Waals surface area contributed by atoms with Gasteiger partial charge in [-0.25, -0.2) is 0 Å². The van der Waals surface area contributed by atoms with Crippen LogP contribution in [-0.4, -0.2) is 19.0 Å². The highest BCUT2D eigenvalue weighted by Gasteiger charge is 2.25. The molecular formula is C13H15BrO3. The Labute approximate surface area is 109 Å². The zero-order valence-electron chi connectivity index (χ0n) is 10.2. The van der Waals surface area contributed by atoms with Gasteiger partial charge in [-0.1, -0.05) is 13.8 Å². The Kier molecular flexibility index (Phi) is 3.43. The minimum absolute atomic E-state index is 0.0476. The second-order valence-corrected chi connectivity index (χ2v) is 5.24. The minimum Gasteiger partial charge on any atom is -0.486 e. The Balaban J connectivity index is 2.71. The van der Waals surface area contributed by atoms with Crippen LogP contribution in [0.5, 0.6) is 11.5 Å². The van der Waals surface area contributed by atoms with E-state index >= 15 is 0 Å². The highest BCUT2D eigenvalue weighted by Crippen LogP contribution is 2.45. The molecule has 1 aromatic carbocycles. The molecule has 3 nitrogen and oxygen atoms in total. The highest BCUT2D eigenvalue weighted by molar-refractivity contribution is 9.10. The minimum atomic E-state index is 0.0476. The van der Waals surface area contributed by atoms with E-state index in [2.05, 4.69) is 15.9 Å². The number of carbonyl (C=O) groups excluding carboxylic acids is 1. The van der Waals surface area contributed by atoms with E-state index in [0.717, 1.165) is 10.0 Å². The maximum atomic E-state index is 11.7. The van der Waals surface area contributed by atoms with Crippen molar-refractivity contribution in [3.05, 3.63) is 21.7 Å². The summed E-state index contributed by atoms with van der Waals surface area (Å²) in [4.78, 5) is 11.7. The normalized spacial score (nSPS) is 13.9. The molecule has 0 fully saturated rings. The van der Waals surface area contributed by atoms with Crippen LogP contribution in [0.3, 0.4) is 0 Å². The smallest absolute Gasteiger partial charge is 0.175 e. The second-order valence-electron chi connectivity index (χ2n) is 4.39. The zero-order chi connectivity index (χ0) is 12.6. The van der Waals surface area contributed by atoms with Crippen LogP contribution in [0.15, 0.2) is 10.5 Å². The molecule has 0 saturated heterocycles. The predicted octanol–water partition coefficient (Wildman–Crippen LogP) is 3.55. The van der Waals surface area contributed by atoms with Crippen molar-refractivity contribution < 1.29 is 14.3 Å². The van der Waals surface area contributed by atoms with Gasteiger partial charge >= 0.3 is 0 Å². The summed E-state index contributed by atoms with van der Waals surface area (Å²) in [7, 11) is 0. The third-order valence-corrected chi connectivity index (χ3v) is 3.35. The Hall–Kier alpha value is -1.03. The van der Waals surface area contributed by atoms with Crippen LogP contribution in [0.25, 0.3) is 0 Å². The first-order valence-corrected chi connectivity index (χ1v) is 6.44. The standard InChI is InChI=1S/C13H15BrO3/c1-7(2)11-9(8(3)15)6-10(14)12-13(11)17-5-4-16-12/h6-7H,4-5H2,1-3H3. The molecule has 2 rings (SSSR count). The van der Waals surface area contributed by atoms with Gasteiger partial charge in [0.05, 0.1) is 4.47 Å². The average molecular weight is 299 g/mol. The maximum Gasteiger partial charge on any atom is 0.175 e. The molecule has 92 valence electrons. The number of ether oxygens (including phenoxy) is 2. The largest absolute Gasteiger partial charge is 0.486 e. The molecule has 0 saturated carbocycles. The first-order valence-electron chi connectivity index (χ1n) is 5.65. The van der Waals surface area contributed by atoms with Crippen molar-refractivity contribution in [3.63, 3.8) is 0 Å². The van der Waals surface area contributed by atoms with Gasteiger partial charge in [-0.05, 0) is 34.8 Å². The highest BCUT2D eigenvalue weighted by atomic mass is 79.9. The zero-order valence-corrected chi connectivity index (χ0v) is 11.8. The van der Waals surface area contributed by atoms with Gasteiger partial charge in [0.25, 0.3) is 0 Å². The number of rotatable bonds is 2. The first kappa shape index (κ1) is 12.4. The van der Waals surface area contributed by atoms with Crippen molar-refractivity contribution in [1.82, 2.24) is 0 Å². The number of halogens is 1. The Morgan fingerprint density at radius 2 is 1.88 bits per heavy atom. The van der Waals surface area contributed by atoms with Gasteiger partial charge < -0.3 is 9.47 Å². The number of benzene rings is 1. The lowest BCUT2D eigenvalue weighted by Crippen LogP contribution is -2.19. The summed E-state index contributed by atoms with van der Waals surface area (Å²) in [6, 6.07) is 1.82. The molecule has 0 aromatic heterocycles. The molecule has 0 radical (unpaired) electrons. The Morgan fingerprint density at radius 3 is 2.41 bits per heavy atom. The third kappa shape index (κ3) is 2.18. The Morgan fingerprint density at radius 1 is 1.29 bits per heavy atom. The number of Topliss-reactive ketones (excluding diaryl/α,β-unsaturated/α-hetero) is 1. The molecule has 1 aromatic rings. The lowest BCUT2D eigenvalue weighted by atomic mass is 9.93. The molecule has 0 atom stereocenters. The molecule has 1 aliphatic heterocycles. The molecule has 1 aliphatic rings. The summed E-state index contributed by atoms with van der Waals surface area (Å²) in [6.45, 7) is 6.74. The van der Waals surface area contributed by atoms with Gasteiger partial charge in [0.15, 0.2) is 17.3 Å². The predicted molar refractivity (Wildman–Crippen MR) is 69.2 cm³/mol. The van der Waals surface area contributed by atoms with Crippen molar-refractivity contribution >= 4 is 21.7 Å². The van der Waals surface area contributed by atoms with E-state index in [1.807, 2.05) is 19.9 Å². The third-order valence-electron chi connectivity index (χ3n) is 2.76. The average Bonchev–Trinajstić information content (AvgIpc) is 2.28. The monoisotopic (exact) mass is 298 g/mol. The number of hydrogen-bond acceptors (Lipinski definition) is 3. The summed E-state index contributed by atoms with van der Waals surface area (Å²) < 4.78 is 12.1. The Bertz CT molecular complexity index is 466. The lowest BCUT2D eigenvalue weighted by molar-refractivity contribution is 0.101. The van der Waals surface area contributed by atoms with Crippen LogP contribution >= 0.6 is 15.9 Å². The molecule has 0 unspecified atom stereocenters. The quantitative estimate of drug-likeness (QED) is 0.783. The topological polar surface area (TPSA) is 35.5 Å². The molecular weight excluding hydrogens is 284 g/mol. The summed E-state index contributed by atoms with van der Waals surface area (Å²) >= 11 is 3.43. The fraction of sp³-hybridized carbons (Fsp3) is 0.462. The van der Waals surface area contributed by atoms with Gasteiger partial charge in [-0.2, -0.15) is 0 Å². The summed E-state index contributed by atoms with van der Waals surface area (Å²) in [6.07, 6.45) is 0. The van der Waals surface area contributed by atoms with Gasteiger partial charge in [-0.3, -0.25) is 4.79 Å². The van der Waals surface area contributed by atoms with E-state index in [-0.39, 0.29) is 11.7 Å². The second kappa shape index (κ2) is 4.69. The van der Waals surface area contributed by atoms with E-state index in [9.17, 15) is 4.79 Å². The van der Waals surface area contributed by atoms with Crippen LogP contribution in [0.4, 0.5) is 0 Å². The first-order chi connectivity index (χ1) is 8.02. The van der Waals surface area contributed by atoms with Crippen molar-refractivity contribution in [2.75, 3.05) is 13.2 Å². The molecule has 0 aliphatic carbocycles. The van der Waals surface area contributed by atoms with Crippen LogP contribution in [0.1, 0.15) is 42.6 Å². The molecule has 1 heterocycles. The molecule has 17 heavy (non-hydrogen) atoms. The number of fused-ring (bicyclic) bond motifs is 1. The van der Waals surface area contributed by atoms with E-state index in [1.165, 1.54) is 0 Å². The number of hydrogen-bond donors (Lipinski definition) is 0. The SMILES string of the molecule is CC(=O)c1cc(Br)c2c(c1C(C)C)OCCO2. The van der Waals surface area contributed by atoms with Gasteiger partial charge in [-0.15, -0.1) is 0 Å². The van der Waals surface area contributed by atoms with E-state index < -0.39 is 0 Å². The van der Waals surface area contributed by atoms with Gasteiger partial charge in [0, 0.05) is 11.1 Å². The van der Waals surface area contributed by atoms with Crippen LogP contribution in [0, 0.1) is 0 Å². The lowest BCUT2D eigenvalue weighted by Gasteiger charge is -2.25. The number of carbonyl (C=O) groups is 1. The number of ketones is 1. The van der Waals surface area contributed by atoms with E-state index in [4.69, 9.17) is 9.47 Å². The van der Waals surface area contributed by atoms with Gasteiger partial charge in [0.1, 0.15) is 13.2 Å². The fourth-order valence-electron chi connectivity index (χ4n) is 2.05. The van der Waals surface area contributed by atoms with Crippen LogP contribution in [0.2, 0.25) is 0 Å². The van der Waals surface area contributed by atoms with Crippen molar-refractivity contribution in [1.29, 1.82) is 0 Å². The summed E-state index contributed by atoms with van der Waals surface area (Å²) in [5.41, 5.74) is 1.64. The van der Waals surface area contributed by atoms with Crippen molar-refractivity contribution in [3.8, 4) is 11.5 Å². The maximum absolute atomic E-state index is 11.7. The summed E-state index contributed by atoms with van der Waals surface area (Å²) in [5, 5.41) is 0. The van der Waals surface area contributed by atoms with Gasteiger partial charge in [0.2, 0.25) is 0 Å². The fourth-order valence-corrected chi connectivity index (χ4v) is 2.58. The van der Waals surface area contributed by atoms with E-state index in [1.54, 1.807) is 6.92 Å². The van der Waals surface area contributed by atoms with E-state index in [0.29, 0.717) is 30.3 Å². The van der Waals surface area contributed by atoms with Crippen molar-refractivity contribution in [2.24, 2.45) is 0 Å².